The molecule has 1 fully saturated rings. The SMILES string of the molecule is COCOc1ccc(O)c(C(=O)[C@@H]2O[C@@H]2c2ccc3c(c2)OCCO3)c1. The molecule has 0 amide bonds. The van der Waals surface area contributed by atoms with Crippen LogP contribution in [0.4, 0.5) is 0 Å². The summed E-state index contributed by atoms with van der Waals surface area (Å²) in [5.74, 6) is 1.35. The van der Waals surface area contributed by atoms with Crippen LogP contribution in [0.5, 0.6) is 23.0 Å². The molecule has 0 unspecified atom stereocenters. The van der Waals surface area contributed by atoms with Crippen LogP contribution in [0, 0.1) is 0 Å². The zero-order valence-corrected chi connectivity index (χ0v) is 14.1. The Morgan fingerprint density at radius 1 is 1.15 bits per heavy atom. The first kappa shape index (κ1) is 16.7. The molecule has 2 heterocycles. The summed E-state index contributed by atoms with van der Waals surface area (Å²) < 4.78 is 26.8. The van der Waals surface area contributed by atoms with E-state index in [1.165, 1.54) is 19.2 Å². The highest BCUT2D eigenvalue weighted by Crippen LogP contribution is 2.44. The number of hydrogen-bond donors (Lipinski definition) is 1. The van der Waals surface area contributed by atoms with Crippen molar-refractivity contribution in [1.82, 2.24) is 0 Å². The molecule has 0 aliphatic carbocycles. The summed E-state index contributed by atoms with van der Waals surface area (Å²) in [5.41, 5.74) is 0.988. The van der Waals surface area contributed by atoms with E-state index < -0.39 is 6.10 Å². The highest BCUT2D eigenvalue weighted by Gasteiger charge is 2.47. The van der Waals surface area contributed by atoms with Gasteiger partial charge in [0.2, 0.25) is 0 Å². The van der Waals surface area contributed by atoms with Crippen molar-refractivity contribution in [2.45, 2.75) is 12.2 Å². The summed E-state index contributed by atoms with van der Waals surface area (Å²) in [5, 5.41) is 10.0. The van der Waals surface area contributed by atoms with Gasteiger partial charge in [-0.05, 0) is 35.9 Å². The summed E-state index contributed by atoms with van der Waals surface area (Å²) in [6.07, 6.45) is -1.03. The van der Waals surface area contributed by atoms with Gasteiger partial charge in [-0.25, -0.2) is 0 Å². The van der Waals surface area contributed by atoms with Crippen LogP contribution in [0.2, 0.25) is 0 Å². The third-order valence-electron chi connectivity index (χ3n) is 4.22. The smallest absolute Gasteiger partial charge is 0.198 e. The number of ether oxygens (including phenoxy) is 5. The number of methoxy groups -OCH3 is 1. The number of rotatable bonds is 6. The van der Waals surface area contributed by atoms with Crippen molar-refractivity contribution in [3.63, 3.8) is 0 Å². The molecule has 0 bridgehead atoms. The normalized spacial score (nSPS) is 20.5. The van der Waals surface area contributed by atoms with E-state index in [0.717, 1.165) is 5.56 Å². The van der Waals surface area contributed by atoms with Gasteiger partial charge in [0.25, 0.3) is 0 Å². The van der Waals surface area contributed by atoms with Crippen LogP contribution in [0.25, 0.3) is 0 Å². The Morgan fingerprint density at radius 2 is 1.96 bits per heavy atom. The first-order valence-electron chi connectivity index (χ1n) is 8.21. The summed E-state index contributed by atoms with van der Waals surface area (Å²) in [4.78, 5) is 12.7. The molecule has 0 radical (unpaired) electrons. The lowest BCUT2D eigenvalue weighted by Crippen LogP contribution is -2.15. The van der Waals surface area contributed by atoms with Crippen LogP contribution in [0.15, 0.2) is 36.4 Å². The molecule has 2 aromatic carbocycles. The number of epoxide rings is 1. The van der Waals surface area contributed by atoms with E-state index in [0.29, 0.717) is 30.5 Å². The van der Waals surface area contributed by atoms with Crippen molar-refractivity contribution in [2.75, 3.05) is 27.1 Å². The van der Waals surface area contributed by atoms with Gasteiger partial charge < -0.3 is 28.8 Å². The van der Waals surface area contributed by atoms with Crippen molar-refractivity contribution in [3.8, 4) is 23.0 Å². The molecular weight excluding hydrogens is 340 g/mol. The first-order valence-corrected chi connectivity index (χ1v) is 8.21. The van der Waals surface area contributed by atoms with Gasteiger partial charge in [0.05, 0.1) is 5.56 Å². The molecule has 0 saturated carbocycles. The number of Topliss-reactive ketones (excluding diaryl/α,β-unsaturated/α-hetero) is 1. The van der Waals surface area contributed by atoms with Crippen molar-refractivity contribution in [1.29, 1.82) is 0 Å². The number of hydrogen-bond acceptors (Lipinski definition) is 7. The standard InChI is InChI=1S/C19H18O7/c1-22-10-25-12-3-4-14(20)13(9-12)17(21)19-18(26-19)11-2-5-15-16(8-11)24-7-6-23-15/h2-5,8-9,18-20H,6-7,10H2,1H3/t18-,19+/m1/s1. The van der Waals surface area contributed by atoms with Gasteiger partial charge in [0.15, 0.2) is 30.2 Å². The van der Waals surface area contributed by atoms with Crippen LogP contribution in [0.1, 0.15) is 22.0 Å². The number of phenolic OH excluding ortho intramolecular Hbond substituents is 1. The van der Waals surface area contributed by atoms with E-state index >= 15 is 0 Å². The number of carbonyl (C=O) groups excluding carboxylic acids is 1. The van der Waals surface area contributed by atoms with E-state index in [1.807, 2.05) is 18.2 Å². The summed E-state index contributed by atoms with van der Waals surface area (Å²) in [6.45, 7) is 1.07. The quantitative estimate of drug-likeness (QED) is 0.482. The van der Waals surface area contributed by atoms with Gasteiger partial charge in [-0.1, -0.05) is 6.07 Å². The minimum Gasteiger partial charge on any atom is -0.507 e. The maximum atomic E-state index is 12.7. The maximum Gasteiger partial charge on any atom is 0.198 e. The van der Waals surface area contributed by atoms with Crippen molar-refractivity contribution >= 4 is 5.78 Å². The largest absolute Gasteiger partial charge is 0.507 e. The topological polar surface area (TPSA) is 86.8 Å². The highest BCUT2D eigenvalue weighted by molar-refractivity contribution is 6.03. The molecule has 7 heteroatoms. The van der Waals surface area contributed by atoms with Crippen LogP contribution >= 0.6 is 0 Å². The number of ketones is 1. The lowest BCUT2D eigenvalue weighted by atomic mass is 10.0. The molecule has 26 heavy (non-hydrogen) atoms. The van der Waals surface area contributed by atoms with E-state index in [1.54, 1.807) is 6.07 Å². The number of benzene rings is 2. The lowest BCUT2D eigenvalue weighted by Gasteiger charge is -2.18. The van der Waals surface area contributed by atoms with Gasteiger partial charge in [0.1, 0.15) is 30.8 Å². The zero-order chi connectivity index (χ0) is 18.1. The molecule has 2 aromatic rings. The van der Waals surface area contributed by atoms with E-state index in [9.17, 15) is 9.90 Å². The van der Waals surface area contributed by atoms with Gasteiger partial charge in [-0.2, -0.15) is 0 Å². The molecule has 2 aliphatic rings. The van der Waals surface area contributed by atoms with Crippen LogP contribution in [0.3, 0.4) is 0 Å². The minimum absolute atomic E-state index is 0.0537. The van der Waals surface area contributed by atoms with Crippen LogP contribution < -0.4 is 14.2 Å². The second kappa shape index (κ2) is 6.86. The fourth-order valence-corrected chi connectivity index (χ4v) is 2.88. The molecule has 2 atom stereocenters. The highest BCUT2D eigenvalue weighted by atomic mass is 16.7. The Hall–Kier alpha value is -2.77. The minimum atomic E-state index is -0.652. The fourth-order valence-electron chi connectivity index (χ4n) is 2.88. The number of fused-ring (bicyclic) bond motifs is 1. The summed E-state index contributed by atoms with van der Waals surface area (Å²) in [6, 6.07) is 9.95. The second-order valence-electron chi connectivity index (χ2n) is 5.97. The molecule has 1 saturated heterocycles. The van der Waals surface area contributed by atoms with Crippen LogP contribution in [-0.2, 0) is 9.47 Å². The Morgan fingerprint density at radius 3 is 2.77 bits per heavy atom. The molecule has 0 spiro atoms. The summed E-state index contributed by atoms with van der Waals surface area (Å²) in [7, 11) is 1.50. The maximum absolute atomic E-state index is 12.7. The predicted octanol–water partition coefficient (Wildman–Crippen LogP) is 2.47. The van der Waals surface area contributed by atoms with Gasteiger partial charge in [-0.15, -0.1) is 0 Å². The van der Waals surface area contributed by atoms with Crippen molar-refractivity contribution < 1.29 is 33.6 Å². The van der Waals surface area contributed by atoms with Gasteiger partial charge >= 0.3 is 0 Å². The zero-order valence-electron chi connectivity index (χ0n) is 14.1. The Bertz CT molecular complexity index is 833. The Kier molecular flexibility index (Phi) is 4.40. The van der Waals surface area contributed by atoms with Gasteiger partial charge in [0, 0.05) is 7.11 Å². The average molecular weight is 358 g/mol. The van der Waals surface area contributed by atoms with Gasteiger partial charge in [-0.3, -0.25) is 4.79 Å². The van der Waals surface area contributed by atoms with Crippen LogP contribution in [-0.4, -0.2) is 44.1 Å². The predicted molar refractivity (Wildman–Crippen MR) is 90.0 cm³/mol. The first-order chi connectivity index (χ1) is 12.7. The van der Waals surface area contributed by atoms with E-state index in [-0.39, 0.29) is 30.0 Å². The Balaban J connectivity index is 1.50. The average Bonchev–Trinajstić information content (AvgIpc) is 3.47. The molecule has 7 nitrogen and oxygen atoms in total. The second-order valence-corrected chi connectivity index (χ2v) is 5.97. The fraction of sp³-hybridized carbons (Fsp3) is 0.316. The number of aromatic hydroxyl groups is 1. The number of phenols is 1. The molecule has 2 aliphatic heterocycles. The summed E-state index contributed by atoms with van der Waals surface area (Å²) >= 11 is 0. The third kappa shape index (κ3) is 3.18. The van der Waals surface area contributed by atoms with Crippen molar-refractivity contribution in [2.24, 2.45) is 0 Å². The van der Waals surface area contributed by atoms with Crippen molar-refractivity contribution in [3.05, 3.63) is 47.5 Å². The monoisotopic (exact) mass is 358 g/mol. The molecule has 1 N–H and O–H groups in total. The molecule has 0 aromatic heterocycles. The Labute approximate surface area is 150 Å². The lowest BCUT2D eigenvalue weighted by molar-refractivity contribution is 0.0509. The molecular formula is C19H18O7. The number of carbonyl (C=O) groups is 1. The molecule has 4 rings (SSSR count). The molecule has 136 valence electrons. The van der Waals surface area contributed by atoms with E-state index in [2.05, 4.69) is 0 Å². The third-order valence-corrected chi connectivity index (χ3v) is 4.22. The van der Waals surface area contributed by atoms with E-state index in [4.69, 9.17) is 23.7 Å².